The van der Waals surface area contributed by atoms with E-state index in [1.165, 1.54) is 23.9 Å². The highest BCUT2D eigenvalue weighted by Crippen LogP contribution is 2.31. The largest absolute Gasteiger partial charge is 0.345 e. The number of aromatic nitrogens is 3. The SMILES string of the molecule is Cl.Cn1nc(C2CCCNC2)n(C2CCCC2)c1=O. The van der Waals surface area contributed by atoms with Crippen molar-refractivity contribution in [2.45, 2.75) is 50.5 Å². The van der Waals surface area contributed by atoms with Crippen molar-refractivity contribution in [3.05, 3.63) is 16.3 Å². The van der Waals surface area contributed by atoms with Crippen LogP contribution in [0, 0.1) is 0 Å². The van der Waals surface area contributed by atoms with Crippen LogP contribution >= 0.6 is 12.4 Å². The molecule has 0 spiro atoms. The highest BCUT2D eigenvalue weighted by Gasteiger charge is 2.28. The summed E-state index contributed by atoms with van der Waals surface area (Å²) in [6.07, 6.45) is 7.09. The van der Waals surface area contributed by atoms with E-state index in [9.17, 15) is 4.79 Å². The van der Waals surface area contributed by atoms with Crippen LogP contribution in [0.25, 0.3) is 0 Å². The van der Waals surface area contributed by atoms with E-state index in [0.29, 0.717) is 12.0 Å². The lowest BCUT2D eigenvalue weighted by Gasteiger charge is -2.24. The van der Waals surface area contributed by atoms with E-state index in [-0.39, 0.29) is 18.1 Å². The Hall–Kier alpha value is -0.810. The van der Waals surface area contributed by atoms with Crippen molar-refractivity contribution in [3.63, 3.8) is 0 Å². The Kier molecular flexibility index (Phi) is 4.68. The van der Waals surface area contributed by atoms with Crippen molar-refractivity contribution in [3.8, 4) is 0 Å². The molecule has 1 N–H and O–H groups in total. The van der Waals surface area contributed by atoms with Crippen molar-refractivity contribution in [2.75, 3.05) is 13.1 Å². The second kappa shape index (κ2) is 6.09. The van der Waals surface area contributed by atoms with Crippen LogP contribution < -0.4 is 11.0 Å². The molecule has 1 saturated heterocycles. The van der Waals surface area contributed by atoms with Crippen molar-refractivity contribution >= 4 is 12.4 Å². The summed E-state index contributed by atoms with van der Waals surface area (Å²) < 4.78 is 3.51. The molecule has 108 valence electrons. The molecule has 5 nitrogen and oxygen atoms in total. The first-order valence-corrected chi connectivity index (χ1v) is 7.13. The van der Waals surface area contributed by atoms with Gasteiger partial charge in [-0.1, -0.05) is 12.8 Å². The van der Waals surface area contributed by atoms with Crippen molar-refractivity contribution in [1.29, 1.82) is 0 Å². The third kappa shape index (κ3) is 2.72. The van der Waals surface area contributed by atoms with Crippen LogP contribution in [0.3, 0.4) is 0 Å². The predicted octanol–water partition coefficient (Wildman–Crippen LogP) is 1.59. The third-order valence-electron chi connectivity index (χ3n) is 4.33. The van der Waals surface area contributed by atoms with Gasteiger partial charge in [0, 0.05) is 25.6 Å². The monoisotopic (exact) mass is 286 g/mol. The van der Waals surface area contributed by atoms with E-state index >= 15 is 0 Å². The number of piperidine rings is 1. The van der Waals surface area contributed by atoms with Gasteiger partial charge in [0.15, 0.2) is 0 Å². The zero-order valence-electron chi connectivity index (χ0n) is 11.5. The molecule has 1 aromatic heterocycles. The molecule has 0 amide bonds. The second-order valence-electron chi connectivity index (χ2n) is 5.62. The van der Waals surface area contributed by atoms with Crippen LogP contribution in [0.4, 0.5) is 0 Å². The third-order valence-corrected chi connectivity index (χ3v) is 4.33. The number of hydrogen-bond donors (Lipinski definition) is 1. The molecule has 0 radical (unpaired) electrons. The molecule has 1 aromatic rings. The number of halogens is 1. The van der Waals surface area contributed by atoms with E-state index < -0.39 is 0 Å². The number of hydrogen-bond acceptors (Lipinski definition) is 3. The molecule has 1 saturated carbocycles. The summed E-state index contributed by atoms with van der Waals surface area (Å²) in [5, 5.41) is 7.92. The van der Waals surface area contributed by atoms with Crippen LogP contribution in [-0.4, -0.2) is 27.4 Å². The molecule has 1 aliphatic heterocycles. The first-order valence-electron chi connectivity index (χ1n) is 7.13. The van der Waals surface area contributed by atoms with Gasteiger partial charge in [-0.05, 0) is 32.2 Å². The fourth-order valence-electron chi connectivity index (χ4n) is 3.35. The zero-order valence-corrected chi connectivity index (χ0v) is 12.3. The summed E-state index contributed by atoms with van der Waals surface area (Å²) >= 11 is 0. The Morgan fingerprint density at radius 3 is 2.58 bits per heavy atom. The molecule has 6 heteroatoms. The summed E-state index contributed by atoms with van der Waals surface area (Å²) in [7, 11) is 1.77. The lowest BCUT2D eigenvalue weighted by Crippen LogP contribution is -2.32. The molecule has 1 unspecified atom stereocenters. The molecule has 0 bridgehead atoms. The minimum absolute atomic E-state index is 0. The Morgan fingerprint density at radius 1 is 1.21 bits per heavy atom. The maximum absolute atomic E-state index is 12.3. The number of nitrogens with zero attached hydrogens (tertiary/aromatic N) is 3. The topological polar surface area (TPSA) is 51.9 Å². The molecule has 2 fully saturated rings. The lowest BCUT2D eigenvalue weighted by molar-refractivity contribution is 0.405. The minimum Gasteiger partial charge on any atom is -0.316 e. The van der Waals surface area contributed by atoms with Gasteiger partial charge in [0.25, 0.3) is 0 Å². The predicted molar refractivity (Wildman–Crippen MR) is 77.1 cm³/mol. The first-order chi connectivity index (χ1) is 8.77. The van der Waals surface area contributed by atoms with Crippen LogP contribution in [-0.2, 0) is 7.05 Å². The van der Waals surface area contributed by atoms with Gasteiger partial charge in [0.05, 0.1) is 0 Å². The van der Waals surface area contributed by atoms with Gasteiger partial charge >= 0.3 is 5.69 Å². The minimum atomic E-state index is 0. The quantitative estimate of drug-likeness (QED) is 0.898. The van der Waals surface area contributed by atoms with E-state index in [4.69, 9.17) is 0 Å². The molecule has 1 aliphatic carbocycles. The van der Waals surface area contributed by atoms with Crippen LogP contribution in [0.5, 0.6) is 0 Å². The molecule has 0 aromatic carbocycles. The molecule has 2 heterocycles. The van der Waals surface area contributed by atoms with Gasteiger partial charge in [-0.3, -0.25) is 4.57 Å². The van der Waals surface area contributed by atoms with E-state index in [0.717, 1.165) is 38.2 Å². The number of rotatable bonds is 2. The summed E-state index contributed by atoms with van der Waals surface area (Å²) in [6, 6.07) is 0.392. The van der Waals surface area contributed by atoms with Crippen LogP contribution in [0.1, 0.15) is 56.3 Å². The van der Waals surface area contributed by atoms with Gasteiger partial charge < -0.3 is 5.32 Å². The van der Waals surface area contributed by atoms with Gasteiger partial charge in [-0.25, -0.2) is 9.48 Å². The Bertz CT molecular complexity index is 469. The fourth-order valence-corrected chi connectivity index (χ4v) is 3.35. The maximum atomic E-state index is 12.3. The first kappa shape index (κ1) is 14.6. The normalized spacial score (nSPS) is 24.4. The van der Waals surface area contributed by atoms with Crippen LogP contribution in [0.15, 0.2) is 4.79 Å². The Morgan fingerprint density at radius 2 is 1.95 bits per heavy atom. The van der Waals surface area contributed by atoms with E-state index in [2.05, 4.69) is 10.4 Å². The smallest absolute Gasteiger partial charge is 0.316 e. The van der Waals surface area contributed by atoms with Gasteiger partial charge in [0.1, 0.15) is 5.82 Å². The van der Waals surface area contributed by atoms with Gasteiger partial charge in [-0.15, -0.1) is 12.4 Å². The summed E-state index contributed by atoms with van der Waals surface area (Å²) in [5.41, 5.74) is 0.0717. The van der Waals surface area contributed by atoms with Gasteiger partial charge in [-0.2, -0.15) is 5.10 Å². The maximum Gasteiger partial charge on any atom is 0.345 e. The highest BCUT2D eigenvalue weighted by molar-refractivity contribution is 5.85. The number of nitrogens with one attached hydrogen (secondary N) is 1. The second-order valence-corrected chi connectivity index (χ2v) is 5.62. The van der Waals surface area contributed by atoms with Gasteiger partial charge in [0.2, 0.25) is 0 Å². The van der Waals surface area contributed by atoms with Crippen molar-refractivity contribution < 1.29 is 0 Å². The Labute approximate surface area is 119 Å². The number of aryl methyl sites for hydroxylation is 1. The average Bonchev–Trinajstić information content (AvgIpc) is 3.00. The highest BCUT2D eigenvalue weighted by atomic mass is 35.5. The molecular weight excluding hydrogens is 264 g/mol. The summed E-state index contributed by atoms with van der Waals surface area (Å²) in [6.45, 7) is 2.06. The summed E-state index contributed by atoms with van der Waals surface area (Å²) in [4.78, 5) is 12.3. The van der Waals surface area contributed by atoms with E-state index in [1.807, 2.05) is 4.57 Å². The molecule has 19 heavy (non-hydrogen) atoms. The van der Waals surface area contributed by atoms with E-state index in [1.54, 1.807) is 7.05 Å². The molecule has 3 rings (SSSR count). The van der Waals surface area contributed by atoms with Crippen LogP contribution in [0.2, 0.25) is 0 Å². The van der Waals surface area contributed by atoms with Crippen molar-refractivity contribution in [1.82, 2.24) is 19.7 Å². The lowest BCUT2D eigenvalue weighted by atomic mass is 9.98. The molecule has 2 aliphatic rings. The van der Waals surface area contributed by atoms with Crippen molar-refractivity contribution in [2.24, 2.45) is 7.05 Å². The molecular formula is C13H23ClN4O. The summed E-state index contributed by atoms with van der Waals surface area (Å²) in [5.74, 6) is 1.43. The average molecular weight is 287 g/mol. The standard InChI is InChI=1S/C13H22N4O.ClH/c1-16-13(18)17(11-6-2-3-7-11)12(15-16)10-5-4-8-14-9-10;/h10-11,14H,2-9H2,1H3;1H. The molecule has 1 atom stereocenters. The zero-order chi connectivity index (χ0) is 12.5. The Balaban J connectivity index is 0.00000133. The fraction of sp³-hybridized carbons (Fsp3) is 0.846.